The summed E-state index contributed by atoms with van der Waals surface area (Å²) < 4.78 is 8.56. The number of nitro groups is 1. The van der Waals surface area contributed by atoms with Gasteiger partial charge in [-0.15, -0.1) is 0 Å². The van der Waals surface area contributed by atoms with E-state index in [1.165, 1.54) is 12.1 Å². The molecule has 0 bridgehead atoms. The molecule has 1 aromatic carbocycles. The monoisotopic (exact) mass is 348 g/mol. The van der Waals surface area contributed by atoms with E-state index >= 15 is 0 Å². The van der Waals surface area contributed by atoms with Gasteiger partial charge >= 0.3 is 0 Å². The highest BCUT2D eigenvalue weighted by atomic mass is 79.9. The van der Waals surface area contributed by atoms with Crippen molar-refractivity contribution in [1.82, 2.24) is 4.98 Å². The number of hydrogen-bond donors (Lipinski definition) is 0. The number of nitrogens with zero attached hydrogens (tertiary/aromatic N) is 3. The van der Waals surface area contributed by atoms with Crippen LogP contribution in [0, 0.1) is 10.1 Å². The molecule has 6 nitrogen and oxygen atoms in total. The van der Waals surface area contributed by atoms with Gasteiger partial charge in [-0.1, -0.05) is 0 Å². The summed E-state index contributed by atoms with van der Waals surface area (Å²) in [5, 5.41) is 10.8. The lowest BCUT2D eigenvalue weighted by Gasteiger charge is -1.96. The first-order valence-electron chi connectivity index (χ1n) is 6.32. The first-order chi connectivity index (χ1) is 10.1. The van der Waals surface area contributed by atoms with Crippen molar-refractivity contribution in [2.24, 2.45) is 0 Å². The van der Waals surface area contributed by atoms with Crippen LogP contribution in [-0.4, -0.2) is 9.91 Å². The number of halogens is 1. The molecule has 0 radical (unpaired) electrons. The number of non-ortho nitro benzene ring substituents is 1. The summed E-state index contributed by atoms with van der Waals surface area (Å²) in [5.74, 6) is 0.439. The fourth-order valence-electron chi connectivity index (χ4n) is 2.05. The SMILES string of the molecule is CC[n+]1cc(Br)cc(-c2nc3ccc([N+](=O)[O-])cc3o2)c1. The number of aryl methyl sites for hydroxylation is 1. The second-order valence-electron chi connectivity index (χ2n) is 4.50. The molecule has 0 amide bonds. The predicted octanol–water partition coefficient (Wildman–Crippen LogP) is 3.47. The normalized spacial score (nSPS) is 11.0. The Morgan fingerprint density at radius 1 is 1.38 bits per heavy atom. The molecule has 106 valence electrons. The topological polar surface area (TPSA) is 73.0 Å². The minimum absolute atomic E-state index is 0.0111. The number of pyridine rings is 1. The van der Waals surface area contributed by atoms with Gasteiger partial charge in [0.1, 0.15) is 17.6 Å². The molecular formula is C14H11BrN3O3+. The van der Waals surface area contributed by atoms with Crippen LogP contribution in [0.3, 0.4) is 0 Å². The Kier molecular flexibility index (Phi) is 3.42. The molecule has 0 aliphatic rings. The van der Waals surface area contributed by atoms with Gasteiger partial charge in [-0.05, 0) is 35.0 Å². The standard InChI is InChI=1S/C14H11BrN3O3/c1-2-17-7-9(5-10(15)8-17)14-16-12-4-3-11(18(19)20)6-13(12)21-14/h3-8H,2H2,1H3/q+1. The predicted molar refractivity (Wildman–Crippen MR) is 79.7 cm³/mol. The Morgan fingerprint density at radius 2 is 2.19 bits per heavy atom. The van der Waals surface area contributed by atoms with Crippen LogP contribution >= 0.6 is 15.9 Å². The minimum atomic E-state index is -0.453. The third kappa shape index (κ3) is 2.64. The largest absolute Gasteiger partial charge is 0.436 e. The van der Waals surface area contributed by atoms with Gasteiger partial charge in [-0.2, -0.15) is 0 Å². The van der Waals surface area contributed by atoms with Gasteiger partial charge in [0.2, 0.25) is 5.89 Å². The number of rotatable bonds is 3. The van der Waals surface area contributed by atoms with Crippen molar-refractivity contribution in [2.75, 3.05) is 0 Å². The van der Waals surface area contributed by atoms with Gasteiger partial charge in [-0.25, -0.2) is 9.55 Å². The Labute approximate surface area is 128 Å². The van der Waals surface area contributed by atoms with E-state index in [1.807, 2.05) is 30.0 Å². The molecule has 0 aliphatic carbocycles. The molecule has 0 fully saturated rings. The first kappa shape index (κ1) is 13.7. The average Bonchev–Trinajstić information content (AvgIpc) is 2.89. The minimum Gasteiger partial charge on any atom is -0.436 e. The van der Waals surface area contributed by atoms with Gasteiger partial charge in [0.25, 0.3) is 5.69 Å². The Morgan fingerprint density at radius 3 is 2.90 bits per heavy atom. The number of fused-ring (bicyclic) bond motifs is 1. The van der Waals surface area contributed by atoms with Crippen molar-refractivity contribution in [3.8, 4) is 11.5 Å². The summed E-state index contributed by atoms with van der Waals surface area (Å²) >= 11 is 3.45. The van der Waals surface area contributed by atoms with Crippen molar-refractivity contribution >= 4 is 32.7 Å². The van der Waals surface area contributed by atoms with Gasteiger partial charge < -0.3 is 4.42 Å². The molecule has 0 saturated carbocycles. The highest BCUT2D eigenvalue weighted by Crippen LogP contribution is 2.27. The molecule has 2 heterocycles. The number of hydrogen-bond acceptors (Lipinski definition) is 4. The molecule has 2 aromatic heterocycles. The third-order valence-electron chi connectivity index (χ3n) is 3.08. The number of nitro benzene ring substituents is 1. The van der Waals surface area contributed by atoms with Gasteiger partial charge in [0, 0.05) is 6.07 Å². The second kappa shape index (κ2) is 5.25. The maximum atomic E-state index is 10.8. The Hall–Kier alpha value is -2.28. The molecular weight excluding hydrogens is 338 g/mol. The van der Waals surface area contributed by atoms with Crippen LogP contribution in [0.15, 0.2) is 45.5 Å². The molecule has 7 heteroatoms. The summed E-state index contributed by atoms with van der Waals surface area (Å²) in [6, 6.07) is 6.29. The molecule has 21 heavy (non-hydrogen) atoms. The van der Waals surface area contributed by atoms with Crippen LogP contribution in [0.25, 0.3) is 22.6 Å². The second-order valence-corrected chi connectivity index (χ2v) is 5.42. The molecule has 3 rings (SSSR count). The van der Waals surface area contributed by atoms with Crippen molar-refractivity contribution < 1.29 is 13.9 Å². The highest BCUT2D eigenvalue weighted by molar-refractivity contribution is 9.10. The maximum Gasteiger partial charge on any atom is 0.273 e. The molecule has 3 aromatic rings. The van der Waals surface area contributed by atoms with Crippen LogP contribution in [0.4, 0.5) is 5.69 Å². The molecule has 0 saturated heterocycles. The summed E-state index contributed by atoms with van der Waals surface area (Å²) in [6.45, 7) is 2.85. The van der Waals surface area contributed by atoms with Gasteiger partial charge in [-0.3, -0.25) is 10.1 Å². The smallest absolute Gasteiger partial charge is 0.273 e. The lowest BCUT2D eigenvalue weighted by molar-refractivity contribution is -0.693. The van der Waals surface area contributed by atoms with Crippen LogP contribution in [-0.2, 0) is 6.54 Å². The first-order valence-corrected chi connectivity index (χ1v) is 7.11. The lowest BCUT2D eigenvalue weighted by atomic mass is 10.3. The zero-order valence-corrected chi connectivity index (χ0v) is 12.7. The van der Waals surface area contributed by atoms with Crippen molar-refractivity contribution in [3.05, 3.63) is 51.2 Å². The van der Waals surface area contributed by atoms with Gasteiger partial charge in [0.15, 0.2) is 18.0 Å². The Balaban J connectivity index is 2.12. The fourth-order valence-corrected chi connectivity index (χ4v) is 2.56. The summed E-state index contributed by atoms with van der Waals surface area (Å²) in [6.07, 6.45) is 3.88. The number of oxazole rings is 1. The number of aromatic nitrogens is 2. The van der Waals surface area contributed by atoms with Crippen LogP contribution < -0.4 is 4.57 Å². The highest BCUT2D eigenvalue weighted by Gasteiger charge is 2.15. The number of benzene rings is 1. The van der Waals surface area contributed by atoms with E-state index in [0.717, 1.165) is 16.6 Å². The fraction of sp³-hybridized carbons (Fsp3) is 0.143. The van der Waals surface area contributed by atoms with Gasteiger partial charge in [0.05, 0.1) is 15.5 Å². The summed E-state index contributed by atoms with van der Waals surface area (Å²) in [4.78, 5) is 14.7. The third-order valence-corrected chi connectivity index (χ3v) is 3.52. The van der Waals surface area contributed by atoms with Crippen LogP contribution in [0.1, 0.15) is 6.92 Å². The van der Waals surface area contributed by atoms with E-state index in [1.54, 1.807) is 6.07 Å². The molecule has 0 atom stereocenters. The maximum absolute atomic E-state index is 10.8. The zero-order valence-electron chi connectivity index (χ0n) is 11.1. The van der Waals surface area contributed by atoms with Crippen molar-refractivity contribution in [2.45, 2.75) is 13.5 Å². The van der Waals surface area contributed by atoms with E-state index in [4.69, 9.17) is 4.42 Å². The summed E-state index contributed by atoms with van der Waals surface area (Å²) in [5.41, 5.74) is 1.80. The zero-order chi connectivity index (χ0) is 15.0. The Bertz CT molecular complexity index is 845. The van der Waals surface area contributed by atoms with Crippen molar-refractivity contribution in [3.63, 3.8) is 0 Å². The van der Waals surface area contributed by atoms with E-state index in [-0.39, 0.29) is 5.69 Å². The van der Waals surface area contributed by atoms with E-state index < -0.39 is 4.92 Å². The summed E-state index contributed by atoms with van der Waals surface area (Å²) in [7, 11) is 0. The van der Waals surface area contributed by atoms with Crippen LogP contribution in [0.5, 0.6) is 0 Å². The van der Waals surface area contributed by atoms with Crippen LogP contribution in [0.2, 0.25) is 0 Å². The molecule has 0 spiro atoms. The van der Waals surface area contributed by atoms with E-state index in [0.29, 0.717) is 17.0 Å². The van der Waals surface area contributed by atoms with E-state index in [2.05, 4.69) is 20.9 Å². The lowest BCUT2D eigenvalue weighted by Crippen LogP contribution is -2.31. The van der Waals surface area contributed by atoms with Crippen molar-refractivity contribution in [1.29, 1.82) is 0 Å². The molecule has 0 aliphatic heterocycles. The molecule has 0 N–H and O–H groups in total. The average molecular weight is 349 g/mol. The quantitative estimate of drug-likeness (QED) is 0.412. The van der Waals surface area contributed by atoms with E-state index in [9.17, 15) is 10.1 Å². The molecule has 0 unspecified atom stereocenters.